The minimum absolute atomic E-state index is 0.0172. The Hall–Kier alpha value is -2.86. The van der Waals surface area contributed by atoms with Crippen LogP contribution in [0.15, 0.2) is 53.8 Å². The molecule has 0 aliphatic heterocycles. The molecule has 0 fully saturated rings. The van der Waals surface area contributed by atoms with Gasteiger partial charge in [0.15, 0.2) is 0 Å². The van der Waals surface area contributed by atoms with E-state index in [0.29, 0.717) is 33.1 Å². The molecule has 3 aromatic rings. The molecule has 0 saturated heterocycles. The summed E-state index contributed by atoms with van der Waals surface area (Å²) in [6.45, 7) is 7.43. The van der Waals surface area contributed by atoms with Crippen molar-refractivity contribution < 1.29 is 4.79 Å². The van der Waals surface area contributed by atoms with E-state index >= 15 is 0 Å². The molecule has 1 amide bonds. The molecule has 0 unspecified atom stereocenters. The molecule has 1 heterocycles. The smallest absolute Gasteiger partial charge is 0.265 e. The topological polar surface area (TPSA) is 64.0 Å². The molecule has 3 rings (SSSR count). The van der Waals surface area contributed by atoms with Crippen molar-refractivity contribution in [2.45, 2.75) is 19.8 Å². The summed E-state index contributed by atoms with van der Waals surface area (Å²) in [6.07, 6.45) is 1.20. The standard InChI is InChI=1S/C20H19BClN3O2/c1-4-16(26)23-15-10-9-14-18(17(15)21)24-19(11(2)3)25(20(14)27)13-7-5-12(22)6-8-13/h4-11H,1,21H2,2-3H3,(H,23,26). The van der Waals surface area contributed by atoms with Gasteiger partial charge >= 0.3 is 0 Å². The van der Waals surface area contributed by atoms with E-state index in [2.05, 4.69) is 11.9 Å². The zero-order valence-electron chi connectivity index (χ0n) is 15.4. The lowest BCUT2D eigenvalue weighted by molar-refractivity contribution is -0.111. The Morgan fingerprint density at radius 2 is 1.93 bits per heavy atom. The van der Waals surface area contributed by atoms with E-state index in [0.717, 1.165) is 5.46 Å². The maximum atomic E-state index is 13.3. The number of aromatic nitrogens is 2. The van der Waals surface area contributed by atoms with E-state index in [1.165, 1.54) is 6.08 Å². The van der Waals surface area contributed by atoms with Crippen molar-refractivity contribution in [1.82, 2.24) is 9.55 Å². The van der Waals surface area contributed by atoms with Crippen LogP contribution in [0.1, 0.15) is 25.6 Å². The lowest BCUT2D eigenvalue weighted by Crippen LogP contribution is -2.28. The van der Waals surface area contributed by atoms with Crippen molar-refractivity contribution in [3.8, 4) is 5.69 Å². The summed E-state index contributed by atoms with van der Waals surface area (Å²) in [5.41, 5.74) is 2.49. The summed E-state index contributed by atoms with van der Waals surface area (Å²) in [6, 6.07) is 10.5. The monoisotopic (exact) mass is 379 g/mol. The summed E-state index contributed by atoms with van der Waals surface area (Å²) >= 11 is 5.98. The quantitative estimate of drug-likeness (QED) is 0.560. The highest BCUT2D eigenvalue weighted by Gasteiger charge is 2.17. The largest absolute Gasteiger partial charge is 0.323 e. The number of carbonyl (C=O) groups is 1. The Morgan fingerprint density at radius 3 is 2.52 bits per heavy atom. The first-order valence-electron chi connectivity index (χ1n) is 8.59. The molecule has 0 aliphatic rings. The maximum absolute atomic E-state index is 13.3. The number of anilines is 1. The van der Waals surface area contributed by atoms with E-state index in [-0.39, 0.29) is 17.4 Å². The lowest BCUT2D eigenvalue weighted by atomic mass is 9.91. The zero-order chi connectivity index (χ0) is 19.7. The van der Waals surface area contributed by atoms with Gasteiger partial charge in [-0.1, -0.05) is 32.0 Å². The normalized spacial score (nSPS) is 11.0. The minimum Gasteiger partial charge on any atom is -0.323 e. The van der Waals surface area contributed by atoms with Crippen molar-refractivity contribution in [1.29, 1.82) is 0 Å². The highest BCUT2D eigenvalue weighted by Crippen LogP contribution is 2.21. The molecule has 136 valence electrons. The number of nitrogens with zero attached hydrogens (tertiary/aromatic N) is 2. The van der Waals surface area contributed by atoms with Crippen LogP contribution in [-0.2, 0) is 4.79 Å². The number of halogens is 1. The average Bonchev–Trinajstić information content (AvgIpc) is 2.64. The van der Waals surface area contributed by atoms with Crippen molar-refractivity contribution >= 4 is 47.4 Å². The first-order chi connectivity index (χ1) is 12.8. The molecule has 0 spiro atoms. The van der Waals surface area contributed by atoms with E-state index in [1.54, 1.807) is 41.0 Å². The second-order valence-electron chi connectivity index (χ2n) is 6.57. The van der Waals surface area contributed by atoms with Crippen LogP contribution in [0.25, 0.3) is 16.6 Å². The summed E-state index contributed by atoms with van der Waals surface area (Å²) in [4.78, 5) is 29.7. The van der Waals surface area contributed by atoms with Crippen molar-refractivity contribution in [3.05, 3.63) is 70.3 Å². The summed E-state index contributed by atoms with van der Waals surface area (Å²) < 4.78 is 1.62. The number of carbonyl (C=O) groups excluding carboxylic acids is 1. The van der Waals surface area contributed by atoms with Gasteiger partial charge in [-0.15, -0.1) is 0 Å². The number of fused-ring (bicyclic) bond motifs is 1. The second kappa shape index (κ2) is 7.41. The molecule has 0 bridgehead atoms. The highest BCUT2D eigenvalue weighted by atomic mass is 35.5. The zero-order valence-corrected chi connectivity index (χ0v) is 16.2. The third-order valence-corrected chi connectivity index (χ3v) is 4.62. The van der Waals surface area contributed by atoms with Crippen LogP contribution < -0.4 is 16.3 Å². The van der Waals surface area contributed by atoms with Crippen molar-refractivity contribution in [3.63, 3.8) is 0 Å². The van der Waals surface area contributed by atoms with Gasteiger partial charge in [-0.05, 0) is 47.9 Å². The first-order valence-corrected chi connectivity index (χ1v) is 8.97. The van der Waals surface area contributed by atoms with Gasteiger partial charge in [-0.3, -0.25) is 14.2 Å². The average molecular weight is 380 g/mol. The predicted octanol–water partition coefficient (Wildman–Crippen LogP) is 2.55. The summed E-state index contributed by atoms with van der Waals surface area (Å²) in [5.74, 6) is 0.352. The van der Waals surface area contributed by atoms with Gasteiger partial charge in [0.1, 0.15) is 13.7 Å². The molecule has 0 saturated carbocycles. The SMILES string of the molecule is Bc1c(NC(=O)C=C)ccc2c(=O)n(-c3ccc(Cl)cc3)c(C(C)C)nc12. The van der Waals surface area contributed by atoms with Crippen LogP contribution in [0.5, 0.6) is 0 Å². The molecule has 0 atom stereocenters. The molecule has 2 aromatic carbocycles. The van der Waals surface area contributed by atoms with Gasteiger partial charge in [-0.25, -0.2) is 4.98 Å². The Labute approximate surface area is 163 Å². The third kappa shape index (κ3) is 3.53. The van der Waals surface area contributed by atoms with E-state index in [9.17, 15) is 9.59 Å². The number of hydrogen-bond acceptors (Lipinski definition) is 3. The van der Waals surface area contributed by atoms with E-state index in [1.807, 2.05) is 21.7 Å². The summed E-state index contributed by atoms with van der Waals surface area (Å²) in [7, 11) is 1.84. The fourth-order valence-corrected chi connectivity index (χ4v) is 3.08. The Kier molecular flexibility index (Phi) is 5.19. The van der Waals surface area contributed by atoms with Gasteiger partial charge in [0.2, 0.25) is 5.91 Å². The molecule has 0 radical (unpaired) electrons. The van der Waals surface area contributed by atoms with Crippen LogP contribution in [-0.4, -0.2) is 23.3 Å². The lowest BCUT2D eigenvalue weighted by Gasteiger charge is -2.18. The van der Waals surface area contributed by atoms with Crippen LogP contribution in [0.3, 0.4) is 0 Å². The van der Waals surface area contributed by atoms with Gasteiger partial charge in [0, 0.05) is 16.6 Å². The number of nitrogens with one attached hydrogen (secondary N) is 1. The van der Waals surface area contributed by atoms with Crippen LogP contribution >= 0.6 is 11.6 Å². The fraction of sp³-hybridized carbons (Fsp3) is 0.150. The highest BCUT2D eigenvalue weighted by molar-refractivity contribution is 6.42. The first kappa shape index (κ1) is 18.9. The Balaban J connectivity index is 2.31. The molecule has 1 aromatic heterocycles. The number of benzene rings is 2. The number of rotatable bonds is 4. The maximum Gasteiger partial charge on any atom is 0.265 e. The Bertz CT molecular complexity index is 1100. The van der Waals surface area contributed by atoms with Crippen LogP contribution in [0.4, 0.5) is 5.69 Å². The van der Waals surface area contributed by atoms with Crippen LogP contribution in [0.2, 0.25) is 5.02 Å². The van der Waals surface area contributed by atoms with Gasteiger partial charge in [0.05, 0.1) is 16.6 Å². The van der Waals surface area contributed by atoms with Gasteiger partial charge in [0.25, 0.3) is 5.56 Å². The molecular weight excluding hydrogens is 361 g/mol. The molecule has 0 aliphatic carbocycles. The number of amides is 1. The number of hydrogen-bond donors (Lipinski definition) is 1. The van der Waals surface area contributed by atoms with Crippen LogP contribution in [0, 0.1) is 0 Å². The third-order valence-electron chi connectivity index (χ3n) is 4.36. The van der Waals surface area contributed by atoms with Crippen molar-refractivity contribution in [2.75, 3.05) is 5.32 Å². The summed E-state index contributed by atoms with van der Waals surface area (Å²) in [5, 5.41) is 3.84. The predicted molar refractivity (Wildman–Crippen MR) is 113 cm³/mol. The minimum atomic E-state index is -0.309. The fourth-order valence-electron chi connectivity index (χ4n) is 2.95. The Morgan fingerprint density at radius 1 is 1.26 bits per heavy atom. The molecule has 7 heteroatoms. The van der Waals surface area contributed by atoms with E-state index in [4.69, 9.17) is 16.6 Å². The molecule has 1 N–H and O–H groups in total. The molecule has 5 nitrogen and oxygen atoms in total. The molecule has 27 heavy (non-hydrogen) atoms. The molecular formula is C20H19BClN3O2. The second-order valence-corrected chi connectivity index (χ2v) is 7.01. The van der Waals surface area contributed by atoms with Gasteiger partial charge in [-0.2, -0.15) is 0 Å². The van der Waals surface area contributed by atoms with Gasteiger partial charge < -0.3 is 5.32 Å². The van der Waals surface area contributed by atoms with E-state index < -0.39 is 0 Å². The van der Waals surface area contributed by atoms with Crippen molar-refractivity contribution in [2.24, 2.45) is 0 Å².